The second-order valence-electron chi connectivity index (χ2n) is 8.40. The zero-order valence-electron chi connectivity index (χ0n) is 16.8. The van der Waals surface area contributed by atoms with Crippen molar-refractivity contribution in [1.82, 2.24) is 14.7 Å². The molecule has 2 amide bonds. The van der Waals surface area contributed by atoms with E-state index in [1.54, 1.807) is 6.92 Å². The molecular formula is C20H35N3O3. The third kappa shape index (κ3) is 3.85. The molecule has 3 rings (SSSR count). The van der Waals surface area contributed by atoms with Crippen LogP contribution in [0.5, 0.6) is 0 Å². The van der Waals surface area contributed by atoms with Crippen molar-refractivity contribution in [3.05, 3.63) is 0 Å². The van der Waals surface area contributed by atoms with E-state index in [1.165, 1.54) is 0 Å². The van der Waals surface area contributed by atoms with Crippen LogP contribution in [-0.2, 0) is 9.53 Å². The summed E-state index contributed by atoms with van der Waals surface area (Å²) in [6.07, 6.45) is 6.37. The quantitative estimate of drug-likeness (QED) is 0.769. The van der Waals surface area contributed by atoms with Gasteiger partial charge in [0.05, 0.1) is 6.61 Å². The summed E-state index contributed by atoms with van der Waals surface area (Å²) in [5, 5.41) is 0. The lowest BCUT2D eigenvalue weighted by Crippen LogP contribution is -2.56. The molecule has 2 bridgehead atoms. The summed E-state index contributed by atoms with van der Waals surface area (Å²) in [5.41, 5.74) is 0. The third-order valence-corrected chi connectivity index (χ3v) is 6.52. The fourth-order valence-corrected chi connectivity index (χ4v) is 5.51. The van der Waals surface area contributed by atoms with E-state index in [0.29, 0.717) is 30.8 Å². The fourth-order valence-electron chi connectivity index (χ4n) is 5.51. The summed E-state index contributed by atoms with van der Waals surface area (Å²) >= 11 is 0. The Kier molecular flexibility index (Phi) is 6.10. The molecule has 0 aliphatic carbocycles. The lowest BCUT2D eigenvalue weighted by atomic mass is 9.93. The highest BCUT2D eigenvalue weighted by molar-refractivity contribution is 5.74. The highest BCUT2D eigenvalue weighted by atomic mass is 16.6. The van der Waals surface area contributed by atoms with Crippen molar-refractivity contribution in [1.29, 1.82) is 0 Å². The molecule has 26 heavy (non-hydrogen) atoms. The van der Waals surface area contributed by atoms with Crippen LogP contribution in [0.1, 0.15) is 66.2 Å². The number of likely N-dealkylation sites (tertiary alicyclic amines) is 1. The van der Waals surface area contributed by atoms with Gasteiger partial charge in [-0.15, -0.1) is 0 Å². The van der Waals surface area contributed by atoms with Gasteiger partial charge < -0.3 is 19.4 Å². The average molecular weight is 366 g/mol. The van der Waals surface area contributed by atoms with Gasteiger partial charge >= 0.3 is 6.09 Å². The Balaban J connectivity index is 1.55. The maximum atomic E-state index is 12.2. The Morgan fingerprint density at radius 2 is 1.62 bits per heavy atom. The molecule has 0 saturated carbocycles. The predicted molar refractivity (Wildman–Crippen MR) is 101 cm³/mol. The van der Waals surface area contributed by atoms with Crippen LogP contribution in [0.3, 0.4) is 0 Å². The lowest BCUT2D eigenvalue weighted by molar-refractivity contribution is -0.134. The summed E-state index contributed by atoms with van der Waals surface area (Å²) in [5.74, 6) is 0.194. The molecule has 3 aliphatic heterocycles. The lowest BCUT2D eigenvalue weighted by Gasteiger charge is -2.46. The van der Waals surface area contributed by atoms with E-state index in [0.717, 1.165) is 51.6 Å². The second kappa shape index (κ2) is 8.15. The van der Waals surface area contributed by atoms with Crippen molar-refractivity contribution >= 4 is 12.0 Å². The SMILES string of the molecule is CCOC(=O)N1C2CCC1CC(N1CCC(N(C(C)=O)C(C)C)CC1)C2. The van der Waals surface area contributed by atoms with Crippen LogP contribution in [-0.4, -0.2) is 76.6 Å². The van der Waals surface area contributed by atoms with Crippen molar-refractivity contribution < 1.29 is 14.3 Å². The zero-order valence-corrected chi connectivity index (χ0v) is 16.8. The van der Waals surface area contributed by atoms with Gasteiger partial charge in [-0.3, -0.25) is 4.79 Å². The smallest absolute Gasteiger partial charge is 0.410 e. The van der Waals surface area contributed by atoms with Gasteiger partial charge in [0.1, 0.15) is 0 Å². The molecule has 0 N–H and O–H groups in total. The standard InChI is InChI=1S/C20H35N3O3/c1-5-26-20(25)23-17-6-7-18(23)13-19(12-17)21-10-8-16(9-11-21)22(14(2)3)15(4)24/h14,16-19H,5-13H2,1-4H3. The first-order valence-electron chi connectivity index (χ1n) is 10.4. The van der Waals surface area contributed by atoms with Crippen LogP contribution in [0.4, 0.5) is 4.79 Å². The summed E-state index contributed by atoms with van der Waals surface area (Å²) < 4.78 is 5.26. The summed E-state index contributed by atoms with van der Waals surface area (Å²) in [6, 6.07) is 1.91. The van der Waals surface area contributed by atoms with Crippen LogP contribution < -0.4 is 0 Å². The van der Waals surface area contributed by atoms with Gasteiger partial charge in [0.15, 0.2) is 0 Å². The maximum Gasteiger partial charge on any atom is 0.410 e. The van der Waals surface area contributed by atoms with Gasteiger partial charge in [-0.1, -0.05) is 0 Å². The number of ether oxygens (including phenoxy) is 1. The molecule has 3 heterocycles. The molecule has 6 heteroatoms. The number of hydrogen-bond donors (Lipinski definition) is 0. The minimum Gasteiger partial charge on any atom is -0.450 e. The van der Waals surface area contributed by atoms with Crippen LogP contribution in [0.15, 0.2) is 0 Å². The Labute approximate surface area is 157 Å². The second-order valence-corrected chi connectivity index (χ2v) is 8.40. The number of hydrogen-bond acceptors (Lipinski definition) is 4. The van der Waals surface area contributed by atoms with Gasteiger partial charge in [0.25, 0.3) is 0 Å². The van der Waals surface area contributed by atoms with Gasteiger partial charge in [0, 0.05) is 50.2 Å². The summed E-state index contributed by atoms with van der Waals surface area (Å²) in [6.45, 7) is 10.4. The van der Waals surface area contributed by atoms with E-state index in [1.807, 2.05) is 11.8 Å². The topological polar surface area (TPSA) is 53.1 Å². The molecule has 148 valence electrons. The molecule has 0 aromatic heterocycles. The predicted octanol–water partition coefficient (Wildman–Crippen LogP) is 2.86. The number of fused-ring (bicyclic) bond motifs is 2. The van der Waals surface area contributed by atoms with E-state index >= 15 is 0 Å². The van der Waals surface area contributed by atoms with Crippen molar-refractivity contribution in [2.45, 2.75) is 96.4 Å². The molecule has 2 unspecified atom stereocenters. The van der Waals surface area contributed by atoms with Gasteiger partial charge in [0.2, 0.25) is 5.91 Å². The molecule has 3 fully saturated rings. The molecule has 3 aliphatic rings. The highest BCUT2D eigenvalue weighted by Crippen LogP contribution is 2.39. The van der Waals surface area contributed by atoms with E-state index in [-0.39, 0.29) is 18.0 Å². The van der Waals surface area contributed by atoms with E-state index in [2.05, 4.69) is 23.6 Å². The number of carbonyl (C=O) groups is 2. The van der Waals surface area contributed by atoms with Crippen molar-refractivity contribution in [3.8, 4) is 0 Å². The Bertz CT molecular complexity index is 502. The normalized spacial score (nSPS) is 29.9. The van der Waals surface area contributed by atoms with E-state index < -0.39 is 0 Å². The summed E-state index contributed by atoms with van der Waals surface area (Å²) in [7, 11) is 0. The zero-order chi connectivity index (χ0) is 18.8. The minimum absolute atomic E-state index is 0.119. The fraction of sp³-hybridized carbons (Fsp3) is 0.900. The molecule has 2 atom stereocenters. The number of rotatable bonds is 4. The molecule has 3 saturated heterocycles. The van der Waals surface area contributed by atoms with Crippen LogP contribution >= 0.6 is 0 Å². The average Bonchev–Trinajstić information content (AvgIpc) is 2.85. The monoisotopic (exact) mass is 365 g/mol. The van der Waals surface area contributed by atoms with Gasteiger partial charge in [-0.25, -0.2) is 4.79 Å². The van der Waals surface area contributed by atoms with Crippen molar-refractivity contribution in [2.24, 2.45) is 0 Å². The molecular weight excluding hydrogens is 330 g/mol. The number of nitrogens with zero attached hydrogens (tertiary/aromatic N) is 3. The van der Waals surface area contributed by atoms with Crippen LogP contribution in [0.2, 0.25) is 0 Å². The summed E-state index contributed by atoms with van der Waals surface area (Å²) in [4.78, 5) is 30.9. The minimum atomic E-state index is -0.119. The van der Waals surface area contributed by atoms with Crippen LogP contribution in [0.25, 0.3) is 0 Å². The first-order chi connectivity index (χ1) is 12.4. The van der Waals surface area contributed by atoms with Crippen LogP contribution in [0, 0.1) is 0 Å². The number of piperidine rings is 2. The highest BCUT2D eigenvalue weighted by Gasteiger charge is 2.45. The number of amides is 2. The molecule has 6 nitrogen and oxygen atoms in total. The van der Waals surface area contributed by atoms with E-state index in [9.17, 15) is 9.59 Å². The molecule has 0 spiro atoms. The Morgan fingerprint density at radius 3 is 2.08 bits per heavy atom. The molecule has 0 aromatic rings. The molecule has 0 aromatic carbocycles. The largest absolute Gasteiger partial charge is 0.450 e. The van der Waals surface area contributed by atoms with Gasteiger partial charge in [-0.05, 0) is 59.3 Å². The maximum absolute atomic E-state index is 12.2. The Morgan fingerprint density at radius 1 is 1.04 bits per heavy atom. The Hall–Kier alpha value is -1.30. The van der Waals surface area contributed by atoms with Gasteiger partial charge in [-0.2, -0.15) is 0 Å². The van der Waals surface area contributed by atoms with E-state index in [4.69, 9.17) is 4.74 Å². The van der Waals surface area contributed by atoms with Crippen molar-refractivity contribution in [2.75, 3.05) is 19.7 Å². The molecule has 0 radical (unpaired) electrons. The van der Waals surface area contributed by atoms with Crippen molar-refractivity contribution in [3.63, 3.8) is 0 Å². The number of carbonyl (C=O) groups excluding carboxylic acids is 2. The first-order valence-corrected chi connectivity index (χ1v) is 10.4. The third-order valence-electron chi connectivity index (χ3n) is 6.52. The first kappa shape index (κ1) is 19.5.